The molecule has 0 radical (unpaired) electrons. The molecule has 1 saturated carbocycles. The number of nitrogens with zero attached hydrogens (tertiary/aromatic N) is 2. The zero-order valence-electron chi connectivity index (χ0n) is 16.9. The van der Waals surface area contributed by atoms with Crippen LogP contribution in [0.25, 0.3) is 11.1 Å². The number of hydrogen-bond acceptors (Lipinski definition) is 7. The molecule has 1 aliphatic rings. The Morgan fingerprint density at radius 3 is 2.80 bits per heavy atom. The Hall–Kier alpha value is -3.13. The van der Waals surface area contributed by atoms with Crippen LogP contribution in [0.4, 0.5) is 6.01 Å². The lowest BCUT2D eigenvalue weighted by atomic mass is 9.84. The van der Waals surface area contributed by atoms with E-state index in [9.17, 15) is 9.90 Å². The van der Waals surface area contributed by atoms with Crippen LogP contribution in [-0.4, -0.2) is 40.7 Å². The van der Waals surface area contributed by atoms with Crippen LogP contribution >= 0.6 is 0 Å². The molecule has 0 saturated heterocycles. The number of aromatic nitrogens is 2. The third-order valence-electron chi connectivity index (χ3n) is 5.51. The summed E-state index contributed by atoms with van der Waals surface area (Å²) >= 11 is 0. The quantitative estimate of drug-likeness (QED) is 0.544. The van der Waals surface area contributed by atoms with E-state index in [4.69, 9.17) is 9.15 Å². The van der Waals surface area contributed by atoms with Gasteiger partial charge in [0.2, 0.25) is 0 Å². The number of rotatable bonds is 7. The van der Waals surface area contributed by atoms with Crippen LogP contribution in [0.2, 0.25) is 0 Å². The van der Waals surface area contributed by atoms with Crippen molar-refractivity contribution < 1.29 is 19.1 Å². The molecule has 30 heavy (non-hydrogen) atoms. The van der Waals surface area contributed by atoms with Gasteiger partial charge in [0.25, 0.3) is 11.9 Å². The topological polar surface area (TPSA) is 110 Å². The number of amides is 1. The molecule has 2 heterocycles. The molecule has 1 aliphatic carbocycles. The van der Waals surface area contributed by atoms with Crippen LogP contribution in [0.3, 0.4) is 0 Å². The van der Waals surface area contributed by atoms with E-state index in [-0.39, 0.29) is 24.2 Å². The van der Waals surface area contributed by atoms with E-state index >= 15 is 0 Å². The van der Waals surface area contributed by atoms with Gasteiger partial charge in [-0.15, -0.1) is 0 Å². The minimum atomic E-state index is -0.279. The summed E-state index contributed by atoms with van der Waals surface area (Å²) in [5.41, 5.74) is 1.56. The smallest absolute Gasteiger partial charge is 0.295 e. The largest absolute Gasteiger partial charge is 0.457 e. The Morgan fingerprint density at radius 2 is 2.03 bits per heavy atom. The van der Waals surface area contributed by atoms with E-state index in [2.05, 4.69) is 20.6 Å². The maximum Gasteiger partial charge on any atom is 0.295 e. The van der Waals surface area contributed by atoms with E-state index in [0.29, 0.717) is 34.5 Å². The third kappa shape index (κ3) is 4.54. The molecule has 0 bridgehead atoms. The molecule has 1 amide bonds. The molecule has 1 aromatic carbocycles. The first-order valence-corrected chi connectivity index (χ1v) is 10.3. The number of nitrogens with one attached hydrogen (secondary N) is 2. The molecular formula is C22H26N4O4. The number of ether oxygens (including phenoxy) is 1. The maximum absolute atomic E-state index is 11.7. The first-order valence-electron chi connectivity index (χ1n) is 10.3. The lowest BCUT2D eigenvalue weighted by molar-refractivity contribution is 0.0958. The summed E-state index contributed by atoms with van der Waals surface area (Å²) in [5.74, 6) is 1.21. The van der Waals surface area contributed by atoms with Crippen molar-refractivity contribution in [3.05, 3.63) is 42.2 Å². The molecular weight excluding hydrogens is 384 g/mol. The Labute approximate surface area is 174 Å². The molecule has 1 fully saturated rings. The van der Waals surface area contributed by atoms with E-state index < -0.39 is 0 Å². The van der Waals surface area contributed by atoms with Gasteiger partial charge in [-0.3, -0.25) is 9.78 Å². The van der Waals surface area contributed by atoms with Crippen LogP contribution in [0.1, 0.15) is 42.6 Å². The fourth-order valence-electron chi connectivity index (χ4n) is 3.90. The number of anilines is 1. The number of benzene rings is 1. The third-order valence-corrected chi connectivity index (χ3v) is 5.51. The Morgan fingerprint density at radius 1 is 1.23 bits per heavy atom. The number of oxazole rings is 1. The average molecular weight is 410 g/mol. The Balaban J connectivity index is 1.49. The predicted octanol–water partition coefficient (Wildman–Crippen LogP) is 3.73. The highest BCUT2D eigenvalue weighted by Gasteiger charge is 2.24. The lowest BCUT2D eigenvalue weighted by Crippen LogP contribution is -2.34. The highest BCUT2D eigenvalue weighted by molar-refractivity contribution is 5.92. The summed E-state index contributed by atoms with van der Waals surface area (Å²) in [5, 5.41) is 15.6. The molecule has 3 aromatic rings. The lowest BCUT2D eigenvalue weighted by Gasteiger charge is -2.29. The zero-order chi connectivity index (χ0) is 20.9. The van der Waals surface area contributed by atoms with Gasteiger partial charge in [0.15, 0.2) is 5.58 Å². The zero-order valence-corrected chi connectivity index (χ0v) is 16.9. The highest BCUT2D eigenvalue weighted by Crippen LogP contribution is 2.30. The van der Waals surface area contributed by atoms with Crippen molar-refractivity contribution >= 4 is 23.0 Å². The SMILES string of the molecule is CNC(=O)c1cc(Oc2ccc3nc(N[C@@H](CO)C4CCCCC4)oc3c2)ccn1. The van der Waals surface area contributed by atoms with Crippen LogP contribution in [0.5, 0.6) is 11.5 Å². The average Bonchev–Trinajstić information content (AvgIpc) is 3.19. The maximum atomic E-state index is 11.7. The van der Waals surface area contributed by atoms with E-state index in [0.717, 1.165) is 12.8 Å². The fraction of sp³-hybridized carbons (Fsp3) is 0.409. The monoisotopic (exact) mass is 410 g/mol. The second-order valence-electron chi connectivity index (χ2n) is 7.54. The number of carbonyl (C=O) groups is 1. The molecule has 8 nitrogen and oxygen atoms in total. The molecule has 2 aromatic heterocycles. The summed E-state index contributed by atoms with van der Waals surface area (Å²) in [6.45, 7) is 0.0491. The standard InChI is InChI=1S/C22H26N4O4/c1-23-21(28)18-11-16(9-10-24-18)29-15-7-8-17-20(12-15)30-22(25-17)26-19(13-27)14-5-3-2-4-6-14/h7-12,14,19,27H,2-6,13H2,1H3,(H,23,28)(H,25,26)/t19-/m0/s1. The minimum absolute atomic E-state index is 0.0491. The summed E-state index contributed by atoms with van der Waals surface area (Å²) < 4.78 is 11.7. The highest BCUT2D eigenvalue weighted by atomic mass is 16.5. The molecule has 0 spiro atoms. The number of carbonyl (C=O) groups excluding carboxylic acids is 1. The van der Waals surface area contributed by atoms with Gasteiger partial charge < -0.3 is 24.9 Å². The number of hydrogen-bond donors (Lipinski definition) is 3. The van der Waals surface area contributed by atoms with Crippen LogP contribution in [0, 0.1) is 5.92 Å². The van der Waals surface area contributed by atoms with Gasteiger partial charge in [-0.1, -0.05) is 19.3 Å². The number of pyridine rings is 1. The first kappa shape index (κ1) is 20.2. The van der Waals surface area contributed by atoms with Gasteiger partial charge in [0.05, 0.1) is 12.6 Å². The van der Waals surface area contributed by atoms with Gasteiger partial charge in [0, 0.05) is 25.4 Å². The Kier molecular flexibility index (Phi) is 6.13. The number of aliphatic hydroxyl groups is 1. The summed E-state index contributed by atoms with van der Waals surface area (Å²) in [6.07, 6.45) is 7.42. The molecule has 4 rings (SSSR count). The normalized spacial score (nSPS) is 15.7. The van der Waals surface area contributed by atoms with Crippen molar-refractivity contribution in [1.82, 2.24) is 15.3 Å². The molecule has 158 valence electrons. The molecule has 1 atom stereocenters. The van der Waals surface area contributed by atoms with Crippen molar-refractivity contribution in [2.45, 2.75) is 38.1 Å². The molecule has 0 aliphatic heterocycles. The summed E-state index contributed by atoms with van der Waals surface area (Å²) in [4.78, 5) is 20.3. The van der Waals surface area contributed by atoms with E-state index in [1.54, 1.807) is 31.3 Å². The van der Waals surface area contributed by atoms with E-state index in [1.165, 1.54) is 25.5 Å². The van der Waals surface area contributed by atoms with Gasteiger partial charge in [-0.05, 0) is 37.0 Å². The minimum Gasteiger partial charge on any atom is -0.457 e. The summed E-state index contributed by atoms with van der Waals surface area (Å²) in [7, 11) is 1.55. The first-order chi connectivity index (χ1) is 14.7. The Bertz CT molecular complexity index is 1010. The van der Waals surface area contributed by atoms with Gasteiger partial charge in [-0.2, -0.15) is 4.98 Å². The second kappa shape index (κ2) is 9.13. The summed E-state index contributed by atoms with van der Waals surface area (Å²) in [6, 6.07) is 8.95. The van der Waals surface area contributed by atoms with E-state index in [1.807, 2.05) is 6.07 Å². The van der Waals surface area contributed by atoms with Gasteiger partial charge in [-0.25, -0.2) is 0 Å². The molecule has 0 unspecified atom stereocenters. The van der Waals surface area contributed by atoms with Gasteiger partial charge in [0.1, 0.15) is 22.7 Å². The van der Waals surface area contributed by atoms with Gasteiger partial charge >= 0.3 is 0 Å². The molecule has 3 N–H and O–H groups in total. The van der Waals surface area contributed by atoms with Crippen LogP contribution < -0.4 is 15.4 Å². The van der Waals surface area contributed by atoms with Crippen LogP contribution in [-0.2, 0) is 0 Å². The van der Waals surface area contributed by atoms with Crippen LogP contribution in [0.15, 0.2) is 40.9 Å². The van der Waals surface area contributed by atoms with Crippen molar-refractivity contribution in [2.75, 3.05) is 19.0 Å². The second-order valence-corrected chi connectivity index (χ2v) is 7.54. The predicted molar refractivity (Wildman–Crippen MR) is 113 cm³/mol. The van der Waals surface area contributed by atoms with Crippen molar-refractivity contribution in [1.29, 1.82) is 0 Å². The van der Waals surface area contributed by atoms with Crippen molar-refractivity contribution in [3.63, 3.8) is 0 Å². The fourth-order valence-corrected chi connectivity index (χ4v) is 3.90. The number of fused-ring (bicyclic) bond motifs is 1. The van der Waals surface area contributed by atoms with Crippen molar-refractivity contribution in [2.24, 2.45) is 5.92 Å². The van der Waals surface area contributed by atoms with Crippen molar-refractivity contribution in [3.8, 4) is 11.5 Å². The molecule has 8 heteroatoms. The number of aliphatic hydroxyl groups excluding tert-OH is 1.